The number of ketones is 1. The van der Waals surface area contributed by atoms with Gasteiger partial charge in [-0.1, -0.05) is 65.2 Å². The highest BCUT2D eigenvalue weighted by Crippen LogP contribution is 2.20. The molecule has 4 nitrogen and oxygen atoms in total. The second-order valence-electron chi connectivity index (χ2n) is 6.16. The predicted molar refractivity (Wildman–Crippen MR) is 91.0 cm³/mol. The van der Waals surface area contributed by atoms with Crippen molar-refractivity contribution in [3.8, 4) is 0 Å². The van der Waals surface area contributed by atoms with Crippen molar-refractivity contribution in [2.45, 2.75) is 91.0 Å². The van der Waals surface area contributed by atoms with Gasteiger partial charge in [-0.2, -0.15) is 0 Å². The number of hydrogen-bond acceptors (Lipinski definition) is 3. The number of nitrogens with one attached hydrogen (secondary N) is 1. The van der Waals surface area contributed by atoms with Crippen molar-refractivity contribution in [2.24, 2.45) is 5.92 Å². The van der Waals surface area contributed by atoms with Crippen LogP contribution in [0.15, 0.2) is 0 Å². The van der Waals surface area contributed by atoms with Crippen LogP contribution in [0.25, 0.3) is 0 Å². The fraction of sp³-hybridized carbons (Fsp3) is 0.889. The van der Waals surface area contributed by atoms with E-state index in [0.717, 1.165) is 32.1 Å². The molecule has 0 rings (SSSR count). The van der Waals surface area contributed by atoms with Crippen molar-refractivity contribution in [1.82, 2.24) is 5.32 Å². The molecule has 0 aliphatic rings. The summed E-state index contributed by atoms with van der Waals surface area (Å²) >= 11 is 0. The maximum absolute atomic E-state index is 12.5. The van der Waals surface area contributed by atoms with Crippen LogP contribution in [0.5, 0.6) is 0 Å². The van der Waals surface area contributed by atoms with E-state index >= 15 is 0 Å². The Morgan fingerprint density at radius 2 is 1.41 bits per heavy atom. The number of unbranched alkanes of at least 4 members (excludes halogenated alkanes) is 6. The minimum Gasteiger partial charge on any atom is -0.453 e. The summed E-state index contributed by atoms with van der Waals surface area (Å²) in [6.07, 6.45) is 10.8. The summed E-state index contributed by atoms with van der Waals surface area (Å²) in [6, 6.07) is -0.463. The first-order valence-electron chi connectivity index (χ1n) is 8.94. The van der Waals surface area contributed by atoms with Crippen LogP contribution in [0.4, 0.5) is 4.79 Å². The molecule has 0 aromatic rings. The van der Waals surface area contributed by atoms with Crippen molar-refractivity contribution in [1.29, 1.82) is 0 Å². The first kappa shape index (κ1) is 20.9. The van der Waals surface area contributed by atoms with Gasteiger partial charge in [0.25, 0.3) is 0 Å². The van der Waals surface area contributed by atoms with Gasteiger partial charge in [0.15, 0.2) is 5.78 Å². The first-order valence-corrected chi connectivity index (χ1v) is 8.94. The van der Waals surface area contributed by atoms with Gasteiger partial charge in [-0.25, -0.2) is 4.79 Å². The predicted octanol–water partition coefficient (Wildman–Crippen LogP) is 4.86. The Morgan fingerprint density at radius 1 is 0.909 bits per heavy atom. The quantitative estimate of drug-likeness (QED) is 0.494. The smallest absolute Gasteiger partial charge is 0.407 e. The number of carbonyl (C=O) groups excluding carboxylic acids is 2. The molecule has 0 saturated heterocycles. The Bertz CT molecular complexity index is 305. The van der Waals surface area contributed by atoms with E-state index in [1.165, 1.54) is 39.2 Å². The van der Waals surface area contributed by atoms with Gasteiger partial charge < -0.3 is 10.1 Å². The summed E-state index contributed by atoms with van der Waals surface area (Å²) in [5, 5.41) is 2.60. The van der Waals surface area contributed by atoms with Crippen molar-refractivity contribution in [2.75, 3.05) is 7.11 Å². The minimum absolute atomic E-state index is 0.0698. The third-order valence-electron chi connectivity index (χ3n) is 4.16. The highest BCUT2D eigenvalue weighted by atomic mass is 16.5. The average molecular weight is 313 g/mol. The lowest BCUT2D eigenvalue weighted by Crippen LogP contribution is -2.41. The number of amides is 1. The van der Waals surface area contributed by atoms with Crippen LogP contribution in [-0.2, 0) is 9.53 Å². The van der Waals surface area contributed by atoms with Gasteiger partial charge >= 0.3 is 6.09 Å². The lowest BCUT2D eigenvalue weighted by Gasteiger charge is -2.20. The van der Waals surface area contributed by atoms with Crippen LogP contribution >= 0.6 is 0 Å². The fourth-order valence-electron chi connectivity index (χ4n) is 2.72. The van der Waals surface area contributed by atoms with E-state index in [1.807, 2.05) is 0 Å². The Hall–Kier alpha value is -1.06. The van der Waals surface area contributed by atoms with Gasteiger partial charge in [-0.05, 0) is 19.8 Å². The van der Waals surface area contributed by atoms with Crippen LogP contribution in [0, 0.1) is 5.92 Å². The highest BCUT2D eigenvalue weighted by Gasteiger charge is 2.24. The monoisotopic (exact) mass is 313 g/mol. The molecule has 22 heavy (non-hydrogen) atoms. The summed E-state index contributed by atoms with van der Waals surface area (Å²) in [5.74, 6) is 0.220. The Kier molecular flexibility index (Phi) is 12.9. The number of carbonyl (C=O) groups is 2. The molecule has 0 fully saturated rings. The molecular weight excluding hydrogens is 278 g/mol. The molecule has 1 N–H and O–H groups in total. The Morgan fingerprint density at radius 3 is 1.95 bits per heavy atom. The molecule has 0 aromatic heterocycles. The number of alkyl carbamates (subject to hydrolysis) is 1. The van der Waals surface area contributed by atoms with Gasteiger partial charge in [0, 0.05) is 5.92 Å². The van der Waals surface area contributed by atoms with E-state index in [2.05, 4.69) is 23.9 Å². The van der Waals surface area contributed by atoms with Crippen molar-refractivity contribution < 1.29 is 14.3 Å². The normalized spacial score (nSPS) is 13.5. The fourth-order valence-corrected chi connectivity index (χ4v) is 2.72. The van der Waals surface area contributed by atoms with E-state index in [0.29, 0.717) is 0 Å². The lowest BCUT2D eigenvalue weighted by atomic mass is 9.88. The maximum atomic E-state index is 12.5. The van der Waals surface area contributed by atoms with Crippen LogP contribution < -0.4 is 5.32 Å². The topological polar surface area (TPSA) is 55.4 Å². The molecule has 0 saturated carbocycles. The van der Waals surface area contributed by atoms with Crippen molar-refractivity contribution in [3.05, 3.63) is 0 Å². The van der Waals surface area contributed by atoms with Crippen molar-refractivity contribution in [3.63, 3.8) is 0 Å². The summed E-state index contributed by atoms with van der Waals surface area (Å²) in [7, 11) is 1.32. The molecule has 0 aromatic carbocycles. The summed E-state index contributed by atoms with van der Waals surface area (Å²) in [5.41, 5.74) is 0. The second kappa shape index (κ2) is 13.6. The molecule has 0 aliphatic heterocycles. The molecule has 1 amide bonds. The molecule has 1 unspecified atom stereocenters. The number of methoxy groups -OCH3 is 1. The second-order valence-corrected chi connectivity index (χ2v) is 6.16. The minimum atomic E-state index is -0.531. The van der Waals surface area contributed by atoms with Crippen molar-refractivity contribution >= 4 is 11.9 Å². The first-order chi connectivity index (χ1) is 10.6. The molecule has 0 spiro atoms. The third-order valence-corrected chi connectivity index (χ3v) is 4.16. The van der Waals surface area contributed by atoms with E-state index in [1.54, 1.807) is 6.92 Å². The van der Waals surface area contributed by atoms with E-state index in [9.17, 15) is 9.59 Å². The van der Waals surface area contributed by atoms with Crippen LogP contribution in [0.2, 0.25) is 0 Å². The number of rotatable bonds is 13. The molecule has 130 valence electrons. The zero-order valence-corrected chi connectivity index (χ0v) is 15.0. The van der Waals surface area contributed by atoms with Gasteiger partial charge in [-0.15, -0.1) is 0 Å². The summed E-state index contributed by atoms with van der Waals surface area (Å²) in [6.45, 7) is 6.13. The zero-order valence-electron chi connectivity index (χ0n) is 15.0. The molecule has 0 heterocycles. The van der Waals surface area contributed by atoms with Crippen LogP contribution in [-0.4, -0.2) is 25.0 Å². The van der Waals surface area contributed by atoms with Gasteiger partial charge in [-0.3, -0.25) is 4.79 Å². The van der Waals surface area contributed by atoms with Gasteiger partial charge in [0.1, 0.15) is 0 Å². The lowest BCUT2D eigenvalue weighted by molar-refractivity contribution is -0.125. The van der Waals surface area contributed by atoms with E-state index in [4.69, 9.17) is 0 Å². The highest BCUT2D eigenvalue weighted by molar-refractivity contribution is 5.88. The molecule has 0 radical (unpaired) electrons. The SMILES string of the molecule is CCCCCCCC(CCCCC)C(=O)[C@H](C)NC(=O)OC. The van der Waals surface area contributed by atoms with Gasteiger partial charge in [0.05, 0.1) is 13.2 Å². The van der Waals surface area contributed by atoms with Gasteiger partial charge in [0.2, 0.25) is 0 Å². The maximum Gasteiger partial charge on any atom is 0.407 e. The molecule has 0 bridgehead atoms. The van der Waals surface area contributed by atoms with Crippen LogP contribution in [0.3, 0.4) is 0 Å². The number of ether oxygens (including phenoxy) is 1. The molecule has 4 heteroatoms. The molecule has 0 aliphatic carbocycles. The third kappa shape index (κ3) is 9.80. The van der Waals surface area contributed by atoms with Crippen LogP contribution in [0.1, 0.15) is 85.0 Å². The van der Waals surface area contributed by atoms with E-state index in [-0.39, 0.29) is 11.7 Å². The number of Topliss-reactive ketones (excluding diaryl/α,β-unsaturated/α-hetero) is 1. The Labute approximate surface area is 136 Å². The Balaban J connectivity index is 4.34. The zero-order chi connectivity index (χ0) is 16.8. The largest absolute Gasteiger partial charge is 0.453 e. The number of hydrogen-bond donors (Lipinski definition) is 1. The molecule has 2 atom stereocenters. The molecular formula is C18H35NO3. The van der Waals surface area contributed by atoms with E-state index < -0.39 is 12.1 Å². The summed E-state index contributed by atoms with van der Waals surface area (Å²) < 4.78 is 4.57. The standard InChI is InChI=1S/C18H35NO3/c1-5-7-9-10-12-14-16(13-11-8-6-2)17(20)15(3)19-18(21)22-4/h15-16H,5-14H2,1-4H3,(H,19,21)/t15-,16?/m0/s1. The average Bonchev–Trinajstić information content (AvgIpc) is 2.52. The summed E-state index contributed by atoms with van der Waals surface area (Å²) in [4.78, 5) is 23.8.